The smallest absolute Gasteiger partial charge is 0.408 e. The Hall–Kier alpha value is -4.61. The first-order valence-electron chi connectivity index (χ1n) is 13.9. The molecule has 3 atom stereocenters. The third kappa shape index (κ3) is 13.7. The Morgan fingerprint density at radius 3 is 1.40 bits per heavy atom. The van der Waals surface area contributed by atoms with Gasteiger partial charge in [0.25, 0.3) is 0 Å². The molecule has 0 aliphatic rings. The lowest BCUT2D eigenvalue weighted by Gasteiger charge is -2.25. The fourth-order valence-corrected chi connectivity index (χ4v) is 3.82. The summed E-state index contributed by atoms with van der Waals surface area (Å²) in [5.74, 6) is -2.88. The number of alkyl carbamates (subject to hydrolysis) is 2. The highest BCUT2D eigenvalue weighted by Crippen LogP contribution is 2.10. The number of nitrogens with one attached hydrogen (secondary N) is 4. The minimum atomic E-state index is -1.55. The third-order valence-corrected chi connectivity index (χ3v) is 5.68. The number of benzene rings is 2. The van der Waals surface area contributed by atoms with E-state index < -0.39 is 65.8 Å². The molecule has 12 nitrogen and oxygen atoms in total. The Bertz CT molecular complexity index is 1240. The molecule has 12 heteroatoms. The van der Waals surface area contributed by atoms with Gasteiger partial charge in [0.1, 0.15) is 29.3 Å². The van der Waals surface area contributed by atoms with Gasteiger partial charge in [0, 0.05) is 19.4 Å². The number of hydrogen-bond donors (Lipinski definition) is 5. The zero-order valence-electron chi connectivity index (χ0n) is 25.4. The van der Waals surface area contributed by atoms with E-state index in [9.17, 15) is 29.1 Å². The largest absolute Gasteiger partial charge is 0.480 e. The molecular formula is C31H42N4O8. The molecule has 2 aromatic carbocycles. The highest BCUT2D eigenvalue weighted by Gasteiger charge is 2.30. The van der Waals surface area contributed by atoms with Gasteiger partial charge < -0.3 is 35.8 Å². The molecule has 4 amide bonds. The maximum Gasteiger partial charge on any atom is 0.408 e. The van der Waals surface area contributed by atoms with Crippen molar-refractivity contribution in [2.45, 2.75) is 83.7 Å². The van der Waals surface area contributed by atoms with Gasteiger partial charge >= 0.3 is 18.2 Å². The molecule has 0 fully saturated rings. The summed E-state index contributed by atoms with van der Waals surface area (Å²) >= 11 is 0. The van der Waals surface area contributed by atoms with Gasteiger partial charge in [-0.1, -0.05) is 60.7 Å². The summed E-state index contributed by atoms with van der Waals surface area (Å²) in [5.41, 5.74) is -0.162. The van der Waals surface area contributed by atoms with E-state index in [-0.39, 0.29) is 12.8 Å². The van der Waals surface area contributed by atoms with Crippen molar-refractivity contribution in [2.75, 3.05) is 6.54 Å². The molecule has 0 bridgehead atoms. The third-order valence-electron chi connectivity index (χ3n) is 5.68. The summed E-state index contributed by atoms with van der Waals surface area (Å²) in [6.45, 7) is 9.57. The predicted octanol–water partition coefficient (Wildman–Crippen LogP) is 2.94. The van der Waals surface area contributed by atoms with Crippen molar-refractivity contribution in [3.05, 3.63) is 71.8 Å². The zero-order chi connectivity index (χ0) is 32.2. The van der Waals surface area contributed by atoms with Crippen LogP contribution in [0.2, 0.25) is 0 Å². The molecule has 0 spiro atoms. The number of amides is 4. The number of carbonyl (C=O) groups excluding carboxylic acids is 4. The lowest BCUT2D eigenvalue weighted by Crippen LogP contribution is -2.57. The summed E-state index contributed by atoms with van der Waals surface area (Å²) in [5, 5.41) is 19.7. The first kappa shape index (κ1) is 34.6. The average molecular weight is 599 g/mol. The SMILES string of the molecule is CC(C)(C)OC(=O)NC(Cc1ccccc1)C(=O)NCC(NC(=O)C(Cc1ccccc1)NC(=O)OC(C)(C)C)C(=O)O. The van der Waals surface area contributed by atoms with Crippen molar-refractivity contribution in [3.8, 4) is 0 Å². The number of carbonyl (C=O) groups is 5. The Morgan fingerprint density at radius 2 is 1.02 bits per heavy atom. The van der Waals surface area contributed by atoms with E-state index in [1.54, 1.807) is 96.1 Å². The lowest BCUT2D eigenvalue weighted by atomic mass is 10.0. The molecule has 0 heterocycles. The van der Waals surface area contributed by atoms with Crippen molar-refractivity contribution >= 4 is 30.0 Å². The molecule has 3 unspecified atom stereocenters. The highest BCUT2D eigenvalue weighted by atomic mass is 16.6. The van der Waals surface area contributed by atoms with Crippen LogP contribution in [0.4, 0.5) is 9.59 Å². The van der Waals surface area contributed by atoms with Gasteiger partial charge in [-0.15, -0.1) is 0 Å². The molecule has 5 N–H and O–H groups in total. The van der Waals surface area contributed by atoms with E-state index in [1.807, 2.05) is 6.07 Å². The lowest BCUT2D eigenvalue weighted by molar-refractivity contribution is -0.142. The van der Waals surface area contributed by atoms with E-state index in [2.05, 4.69) is 21.3 Å². The number of carboxylic acids is 1. The van der Waals surface area contributed by atoms with Crippen LogP contribution in [-0.2, 0) is 36.7 Å². The van der Waals surface area contributed by atoms with Crippen molar-refractivity contribution in [1.82, 2.24) is 21.3 Å². The number of carboxylic acid groups (broad SMARTS) is 1. The van der Waals surface area contributed by atoms with Crippen LogP contribution in [0.1, 0.15) is 52.7 Å². The van der Waals surface area contributed by atoms with Crippen LogP contribution in [0, 0.1) is 0 Å². The highest BCUT2D eigenvalue weighted by molar-refractivity contribution is 5.90. The summed E-state index contributed by atoms with van der Waals surface area (Å²) in [6.07, 6.45) is -1.50. The predicted molar refractivity (Wildman–Crippen MR) is 159 cm³/mol. The summed E-state index contributed by atoms with van der Waals surface area (Å²) in [4.78, 5) is 63.4. The molecule has 43 heavy (non-hydrogen) atoms. The molecule has 234 valence electrons. The van der Waals surface area contributed by atoms with Crippen LogP contribution in [0.15, 0.2) is 60.7 Å². The fraction of sp³-hybridized carbons (Fsp3) is 0.452. The standard InChI is InChI=1S/C31H42N4O8/c1-30(2,3)42-28(40)34-22(17-20-13-9-7-10-14-20)25(36)32-19-24(27(38)39)33-26(37)23(18-21-15-11-8-12-16-21)35-29(41)43-31(4,5)6/h7-16,22-24H,17-19H2,1-6H3,(H,32,36)(H,33,37)(H,34,40)(H,35,41)(H,38,39). The monoisotopic (exact) mass is 598 g/mol. The van der Waals surface area contributed by atoms with Gasteiger partial charge in [0.15, 0.2) is 0 Å². The second kappa shape index (κ2) is 15.6. The summed E-state index contributed by atoms with van der Waals surface area (Å²) in [6, 6.07) is 14.0. The molecule has 0 aromatic heterocycles. The van der Waals surface area contributed by atoms with Gasteiger partial charge in [0.2, 0.25) is 11.8 Å². The number of aliphatic carboxylic acids is 1. The van der Waals surface area contributed by atoms with Crippen LogP contribution in [0.3, 0.4) is 0 Å². The molecule has 2 aromatic rings. The Labute approximate surface area is 251 Å². The molecule has 0 saturated heterocycles. The zero-order valence-corrected chi connectivity index (χ0v) is 25.4. The first-order chi connectivity index (χ1) is 20.0. The molecule has 0 aliphatic heterocycles. The second-order valence-electron chi connectivity index (χ2n) is 11.9. The van der Waals surface area contributed by atoms with E-state index in [0.717, 1.165) is 11.1 Å². The van der Waals surface area contributed by atoms with Crippen molar-refractivity contribution in [2.24, 2.45) is 0 Å². The van der Waals surface area contributed by atoms with E-state index in [1.165, 1.54) is 0 Å². The summed E-state index contributed by atoms with van der Waals surface area (Å²) in [7, 11) is 0. The van der Waals surface area contributed by atoms with Crippen molar-refractivity contribution in [1.29, 1.82) is 0 Å². The average Bonchev–Trinajstić information content (AvgIpc) is 2.89. The van der Waals surface area contributed by atoms with Crippen LogP contribution < -0.4 is 21.3 Å². The van der Waals surface area contributed by atoms with Gasteiger partial charge in [-0.05, 0) is 52.7 Å². The summed E-state index contributed by atoms with van der Waals surface area (Å²) < 4.78 is 10.6. The van der Waals surface area contributed by atoms with Crippen LogP contribution in [0.25, 0.3) is 0 Å². The van der Waals surface area contributed by atoms with Crippen LogP contribution >= 0.6 is 0 Å². The molecular weight excluding hydrogens is 556 g/mol. The maximum atomic E-state index is 13.2. The minimum Gasteiger partial charge on any atom is -0.480 e. The molecule has 0 radical (unpaired) electrons. The fourth-order valence-electron chi connectivity index (χ4n) is 3.82. The first-order valence-corrected chi connectivity index (χ1v) is 13.9. The van der Waals surface area contributed by atoms with Gasteiger partial charge in [-0.25, -0.2) is 14.4 Å². The van der Waals surface area contributed by atoms with Gasteiger partial charge in [-0.2, -0.15) is 0 Å². The van der Waals surface area contributed by atoms with Crippen LogP contribution in [0.5, 0.6) is 0 Å². The minimum absolute atomic E-state index is 0.0591. The van der Waals surface area contributed by atoms with Gasteiger partial charge in [0.05, 0.1) is 0 Å². The number of rotatable bonds is 12. The Morgan fingerprint density at radius 1 is 0.628 bits per heavy atom. The quantitative estimate of drug-likeness (QED) is 0.248. The normalized spacial score (nSPS) is 13.4. The van der Waals surface area contributed by atoms with Crippen molar-refractivity contribution in [3.63, 3.8) is 0 Å². The van der Waals surface area contributed by atoms with E-state index in [4.69, 9.17) is 9.47 Å². The molecule has 0 saturated carbocycles. The van der Waals surface area contributed by atoms with Crippen molar-refractivity contribution < 1.29 is 38.6 Å². The molecule has 0 aliphatic carbocycles. The van der Waals surface area contributed by atoms with E-state index in [0.29, 0.717) is 0 Å². The number of ether oxygens (including phenoxy) is 2. The molecule has 2 rings (SSSR count). The second-order valence-corrected chi connectivity index (χ2v) is 11.9. The number of hydrogen-bond acceptors (Lipinski definition) is 7. The topological polar surface area (TPSA) is 172 Å². The van der Waals surface area contributed by atoms with Gasteiger partial charge in [-0.3, -0.25) is 9.59 Å². The maximum absolute atomic E-state index is 13.2. The Balaban J connectivity index is 2.15. The Kier molecular flexibility index (Phi) is 12.5. The van der Waals surface area contributed by atoms with Crippen LogP contribution in [-0.4, -0.2) is 70.9 Å². The van der Waals surface area contributed by atoms with E-state index >= 15 is 0 Å².